The van der Waals surface area contributed by atoms with Gasteiger partial charge in [0.1, 0.15) is 0 Å². The number of para-hydroxylation sites is 2. The molecule has 0 saturated carbocycles. The van der Waals surface area contributed by atoms with Crippen molar-refractivity contribution in [3.8, 4) is 0 Å². The number of hydrogen-bond acceptors (Lipinski definition) is 2. The van der Waals surface area contributed by atoms with Gasteiger partial charge in [-0.05, 0) is 61.0 Å². The number of nitrogens with one attached hydrogen (secondary N) is 4. The molecule has 2 aromatic carbocycles. The van der Waals surface area contributed by atoms with E-state index >= 15 is 0 Å². The highest BCUT2D eigenvalue weighted by molar-refractivity contribution is 7.81. The minimum atomic E-state index is 0.451. The van der Waals surface area contributed by atoms with Crippen LogP contribution in [0.3, 0.4) is 0 Å². The normalized spacial score (nSPS) is 9.83. The second-order valence-electron chi connectivity index (χ2n) is 4.98. The molecule has 0 unspecified atom stereocenters. The quantitative estimate of drug-likeness (QED) is 0.503. The second-order valence-corrected chi connectivity index (χ2v) is 5.80. The zero-order chi connectivity index (χ0) is 16.7. The largest absolute Gasteiger partial charge is 0.331 e. The average Bonchev–Trinajstić information content (AvgIpc) is 2.55. The summed E-state index contributed by atoms with van der Waals surface area (Å²) in [7, 11) is 0. The predicted octanol–water partition coefficient (Wildman–Crippen LogP) is 3.75. The highest BCUT2D eigenvalue weighted by Crippen LogP contribution is 2.15. The van der Waals surface area contributed by atoms with Crippen LogP contribution < -0.4 is 21.5 Å². The minimum absolute atomic E-state index is 0.451. The molecule has 4 nitrogen and oxygen atoms in total. The Hall–Kier alpha value is -2.18. The molecule has 0 radical (unpaired) electrons. The molecule has 2 aromatic rings. The predicted molar refractivity (Wildman–Crippen MR) is 106 cm³/mol. The van der Waals surface area contributed by atoms with Gasteiger partial charge in [-0.1, -0.05) is 43.3 Å². The highest BCUT2D eigenvalue weighted by Gasteiger charge is 2.03. The van der Waals surface area contributed by atoms with Gasteiger partial charge in [-0.15, -0.1) is 0 Å². The summed E-state index contributed by atoms with van der Waals surface area (Å²) in [5.74, 6) is 0. The molecule has 2 rings (SSSR count). The van der Waals surface area contributed by atoms with Crippen molar-refractivity contribution in [3.05, 3.63) is 59.7 Å². The molecule has 0 aliphatic rings. The van der Waals surface area contributed by atoms with Crippen LogP contribution in [0.25, 0.3) is 0 Å². The lowest BCUT2D eigenvalue weighted by Crippen LogP contribution is -2.45. The van der Waals surface area contributed by atoms with Gasteiger partial charge < -0.3 is 10.6 Å². The van der Waals surface area contributed by atoms with Crippen LogP contribution in [-0.4, -0.2) is 10.2 Å². The van der Waals surface area contributed by atoms with E-state index in [1.165, 1.54) is 5.56 Å². The van der Waals surface area contributed by atoms with Crippen molar-refractivity contribution in [2.45, 2.75) is 20.3 Å². The number of hydrogen-bond donors (Lipinski definition) is 4. The van der Waals surface area contributed by atoms with Gasteiger partial charge in [0.25, 0.3) is 0 Å². The Labute approximate surface area is 147 Å². The molecule has 0 spiro atoms. The molecular weight excluding hydrogens is 324 g/mol. The molecule has 0 fully saturated rings. The summed E-state index contributed by atoms with van der Waals surface area (Å²) in [5.41, 5.74) is 10.0. The van der Waals surface area contributed by atoms with Crippen LogP contribution >= 0.6 is 24.4 Å². The minimum Gasteiger partial charge on any atom is -0.331 e. The van der Waals surface area contributed by atoms with E-state index < -0.39 is 0 Å². The molecular formula is C17H20N4S2. The number of aryl methyl sites for hydroxylation is 2. The Kier molecular flexibility index (Phi) is 6.31. The number of thiocarbonyl (C=S) groups is 2. The zero-order valence-electron chi connectivity index (χ0n) is 13.1. The third-order valence-corrected chi connectivity index (χ3v) is 3.74. The summed E-state index contributed by atoms with van der Waals surface area (Å²) in [4.78, 5) is 0. The first-order valence-corrected chi connectivity index (χ1v) is 8.19. The molecule has 120 valence electrons. The molecule has 0 saturated heterocycles. The molecule has 0 aliphatic heterocycles. The van der Waals surface area contributed by atoms with Crippen LogP contribution in [0.5, 0.6) is 0 Å². The first-order chi connectivity index (χ1) is 11.1. The molecule has 0 bridgehead atoms. The van der Waals surface area contributed by atoms with Gasteiger partial charge in [-0.25, -0.2) is 0 Å². The molecule has 0 aromatic heterocycles. The highest BCUT2D eigenvalue weighted by atomic mass is 32.1. The van der Waals surface area contributed by atoms with Crippen LogP contribution in [0.4, 0.5) is 11.4 Å². The van der Waals surface area contributed by atoms with E-state index in [0.717, 1.165) is 23.4 Å². The van der Waals surface area contributed by atoms with Crippen molar-refractivity contribution in [1.29, 1.82) is 0 Å². The van der Waals surface area contributed by atoms with Crippen molar-refractivity contribution >= 4 is 46.0 Å². The first-order valence-electron chi connectivity index (χ1n) is 7.37. The summed E-state index contributed by atoms with van der Waals surface area (Å²) >= 11 is 10.5. The lowest BCUT2D eigenvalue weighted by molar-refractivity contribution is 0.885. The average molecular weight is 345 g/mol. The molecule has 4 N–H and O–H groups in total. The Balaban J connectivity index is 1.84. The Bertz CT molecular complexity index is 700. The maximum Gasteiger partial charge on any atom is 0.189 e. The number of rotatable bonds is 3. The van der Waals surface area contributed by atoms with Crippen molar-refractivity contribution in [2.24, 2.45) is 0 Å². The zero-order valence-corrected chi connectivity index (χ0v) is 14.8. The van der Waals surface area contributed by atoms with E-state index in [4.69, 9.17) is 24.4 Å². The van der Waals surface area contributed by atoms with Crippen molar-refractivity contribution in [2.75, 3.05) is 10.6 Å². The summed E-state index contributed by atoms with van der Waals surface area (Å²) in [5, 5.41) is 7.19. The van der Waals surface area contributed by atoms with Crippen LogP contribution in [0.1, 0.15) is 18.1 Å². The van der Waals surface area contributed by atoms with Gasteiger partial charge in [-0.3, -0.25) is 10.9 Å². The van der Waals surface area contributed by atoms with Crippen LogP contribution in [0.2, 0.25) is 0 Å². The van der Waals surface area contributed by atoms with Gasteiger partial charge in [0.2, 0.25) is 0 Å². The number of anilines is 2. The SMILES string of the molecule is CCc1ccccc1NC(=S)NNC(=S)Nc1ccccc1C. The molecule has 0 amide bonds. The van der Waals surface area contributed by atoms with Gasteiger partial charge in [0, 0.05) is 11.4 Å². The number of hydrazine groups is 1. The molecule has 6 heteroatoms. The fourth-order valence-electron chi connectivity index (χ4n) is 2.08. The van der Waals surface area contributed by atoms with Crippen molar-refractivity contribution < 1.29 is 0 Å². The first kappa shape index (κ1) is 17.2. The topological polar surface area (TPSA) is 48.1 Å². The molecule has 0 aliphatic carbocycles. The van der Waals surface area contributed by atoms with E-state index in [1.54, 1.807) is 0 Å². The van der Waals surface area contributed by atoms with Gasteiger partial charge >= 0.3 is 0 Å². The summed E-state index contributed by atoms with van der Waals surface area (Å²) < 4.78 is 0. The van der Waals surface area contributed by atoms with E-state index in [-0.39, 0.29) is 0 Å². The van der Waals surface area contributed by atoms with Crippen LogP contribution in [-0.2, 0) is 6.42 Å². The van der Waals surface area contributed by atoms with Gasteiger partial charge in [0.15, 0.2) is 10.2 Å². The summed E-state index contributed by atoms with van der Waals surface area (Å²) in [6.07, 6.45) is 0.937. The maximum atomic E-state index is 5.28. The summed E-state index contributed by atoms with van der Waals surface area (Å²) in [6, 6.07) is 16.0. The second kappa shape index (κ2) is 8.45. The monoisotopic (exact) mass is 344 g/mol. The molecule has 23 heavy (non-hydrogen) atoms. The van der Waals surface area contributed by atoms with Crippen molar-refractivity contribution in [1.82, 2.24) is 10.9 Å². The Morgan fingerprint density at radius 3 is 1.96 bits per heavy atom. The number of benzene rings is 2. The van der Waals surface area contributed by atoms with E-state index in [9.17, 15) is 0 Å². The van der Waals surface area contributed by atoms with Crippen LogP contribution in [0.15, 0.2) is 48.5 Å². The van der Waals surface area contributed by atoms with Crippen LogP contribution in [0, 0.1) is 6.92 Å². The fourth-order valence-corrected chi connectivity index (χ4v) is 2.41. The smallest absolute Gasteiger partial charge is 0.189 e. The Morgan fingerprint density at radius 2 is 1.35 bits per heavy atom. The third kappa shape index (κ3) is 5.19. The molecule has 0 heterocycles. The maximum absolute atomic E-state index is 5.28. The van der Waals surface area contributed by atoms with Crippen molar-refractivity contribution in [3.63, 3.8) is 0 Å². The lowest BCUT2D eigenvalue weighted by atomic mass is 10.1. The third-order valence-electron chi connectivity index (χ3n) is 3.33. The van der Waals surface area contributed by atoms with Gasteiger partial charge in [0.05, 0.1) is 0 Å². The molecule has 0 atom stereocenters. The summed E-state index contributed by atoms with van der Waals surface area (Å²) in [6.45, 7) is 4.13. The van der Waals surface area contributed by atoms with Gasteiger partial charge in [-0.2, -0.15) is 0 Å². The van der Waals surface area contributed by atoms with E-state index in [1.807, 2.05) is 49.4 Å². The Morgan fingerprint density at radius 1 is 0.826 bits per heavy atom. The lowest BCUT2D eigenvalue weighted by Gasteiger charge is -2.16. The van der Waals surface area contributed by atoms with E-state index in [0.29, 0.717) is 10.2 Å². The fraction of sp³-hybridized carbons (Fsp3) is 0.176. The standard InChI is InChI=1S/C17H20N4S2/c1-3-13-9-5-7-11-15(13)19-17(23)21-20-16(22)18-14-10-6-4-8-12(14)2/h4-11H,3H2,1-2H3,(H2,18,20,22)(H2,19,21,23). The van der Waals surface area contributed by atoms with E-state index in [2.05, 4.69) is 34.5 Å².